The van der Waals surface area contributed by atoms with E-state index in [-0.39, 0.29) is 0 Å². The maximum Gasteiger partial charge on any atom is 0.121 e. The van der Waals surface area contributed by atoms with Gasteiger partial charge < -0.3 is 10.1 Å². The molecule has 4 nitrogen and oxygen atoms in total. The van der Waals surface area contributed by atoms with Crippen molar-refractivity contribution in [3.8, 4) is 0 Å². The van der Waals surface area contributed by atoms with Gasteiger partial charge in [-0.15, -0.1) is 0 Å². The lowest BCUT2D eigenvalue weighted by molar-refractivity contribution is -0.131. The second kappa shape index (κ2) is 4.07. The minimum atomic E-state index is -0.508. The first-order chi connectivity index (χ1) is 8.57. The van der Waals surface area contributed by atoms with E-state index in [0.29, 0.717) is 5.92 Å². The Bertz CT molecular complexity index is 522. The number of likely N-dealkylation sites (tertiary alicyclic amines) is 1. The highest BCUT2D eigenvalue weighted by Gasteiger charge is 2.43. The third-order valence-electron chi connectivity index (χ3n) is 3.88. The van der Waals surface area contributed by atoms with E-state index in [1.165, 1.54) is 0 Å². The van der Waals surface area contributed by atoms with Gasteiger partial charge >= 0.3 is 0 Å². The van der Waals surface area contributed by atoms with E-state index in [9.17, 15) is 5.11 Å². The molecule has 0 bridgehead atoms. The molecule has 0 atom stereocenters. The van der Waals surface area contributed by atoms with Crippen LogP contribution in [0.1, 0.15) is 19.7 Å². The van der Waals surface area contributed by atoms with Gasteiger partial charge in [-0.3, -0.25) is 4.90 Å². The van der Waals surface area contributed by atoms with Gasteiger partial charge in [0.05, 0.1) is 23.2 Å². The van der Waals surface area contributed by atoms with Gasteiger partial charge in [0.15, 0.2) is 0 Å². The second-order valence-corrected chi connectivity index (χ2v) is 5.60. The molecule has 1 saturated heterocycles. The SMILES string of the molecule is CC(C)C1(O)CN(Cc2nc3ccccc3[nH]2)C1. The van der Waals surface area contributed by atoms with Crippen molar-refractivity contribution in [3.05, 3.63) is 30.1 Å². The number of imidazole rings is 1. The smallest absolute Gasteiger partial charge is 0.121 e. The molecule has 0 unspecified atom stereocenters. The molecule has 0 amide bonds. The first-order valence-corrected chi connectivity index (χ1v) is 6.45. The van der Waals surface area contributed by atoms with Crippen LogP contribution in [0.25, 0.3) is 11.0 Å². The molecule has 1 aliphatic heterocycles. The average molecular weight is 245 g/mol. The number of hydrogen-bond acceptors (Lipinski definition) is 3. The number of benzene rings is 1. The highest BCUT2D eigenvalue weighted by Crippen LogP contribution is 2.29. The highest BCUT2D eigenvalue weighted by molar-refractivity contribution is 5.74. The van der Waals surface area contributed by atoms with Gasteiger partial charge in [0.2, 0.25) is 0 Å². The molecule has 3 rings (SSSR count). The quantitative estimate of drug-likeness (QED) is 0.866. The number of nitrogens with one attached hydrogen (secondary N) is 1. The molecular formula is C14H19N3O. The summed E-state index contributed by atoms with van der Waals surface area (Å²) in [5, 5.41) is 10.2. The Morgan fingerprint density at radius 1 is 1.39 bits per heavy atom. The van der Waals surface area contributed by atoms with Crippen molar-refractivity contribution in [2.75, 3.05) is 13.1 Å². The van der Waals surface area contributed by atoms with Crippen LogP contribution in [0.2, 0.25) is 0 Å². The molecule has 96 valence electrons. The number of aromatic nitrogens is 2. The molecule has 2 heterocycles. The van der Waals surface area contributed by atoms with Gasteiger partial charge in [0.1, 0.15) is 5.82 Å². The van der Waals surface area contributed by atoms with Crippen LogP contribution in [-0.2, 0) is 6.54 Å². The van der Waals surface area contributed by atoms with Crippen molar-refractivity contribution < 1.29 is 5.11 Å². The minimum Gasteiger partial charge on any atom is -0.387 e. The zero-order chi connectivity index (χ0) is 12.8. The zero-order valence-corrected chi connectivity index (χ0v) is 10.8. The molecule has 2 aromatic rings. The van der Waals surface area contributed by atoms with Crippen molar-refractivity contribution in [3.63, 3.8) is 0 Å². The Kier molecular flexibility index (Phi) is 2.64. The van der Waals surface area contributed by atoms with Crippen molar-refractivity contribution in [1.82, 2.24) is 14.9 Å². The molecule has 0 aliphatic carbocycles. The van der Waals surface area contributed by atoms with Crippen molar-refractivity contribution in [2.45, 2.75) is 26.0 Å². The molecule has 1 aromatic carbocycles. The lowest BCUT2D eigenvalue weighted by Gasteiger charge is -2.48. The normalized spacial score (nSPS) is 19.3. The molecule has 1 fully saturated rings. The standard InChI is InChI=1S/C14H19N3O/c1-10(2)14(18)8-17(9-14)7-13-15-11-5-3-4-6-12(11)16-13/h3-6,10,18H,7-9H2,1-2H3,(H,15,16). The number of aromatic amines is 1. The van der Waals surface area contributed by atoms with E-state index >= 15 is 0 Å². The number of fused-ring (bicyclic) bond motifs is 1. The number of rotatable bonds is 3. The summed E-state index contributed by atoms with van der Waals surface area (Å²) in [6.45, 7) is 6.39. The van der Waals surface area contributed by atoms with Crippen molar-refractivity contribution >= 4 is 11.0 Å². The molecule has 0 saturated carbocycles. The Balaban J connectivity index is 1.68. The Hall–Kier alpha value is -1.39. The van der Waals surface area contributed by atoms with Crippen LogP contribution in [0, 0.1) is 5.92 Å². The van der Waals surface area contributed by atoms with Crippen LogP contribution >= 0.6 is 0 Å². The number of hydrogen-bond donors (Lipinski definition) is 2. The molecule has 18 heavy (non-hydrogen) atoms. The first kappa shape index (κ1) is 11.7. The van der Waals surface area contributed by atoms with Crippen LogP contribution < -0.4 is 0 Å². The average Bonchev–Trinajstić information content (AvgIpc) is 2.68. The van der Waals surface area contributed by atoms with E-state index in [1.807, 2.05) is 24.3 Å². The van der Waals surface area contributed by atoms with Crippen LogP contribution in [0.15, 0.2) is 24.3 Å². The number of β-amino-alcohol motifs (C(OH)–C–C–N with tert-alkyl or cyclic N) is 1. The third-order valence-corrected chi connectivity index (χ3v) is 3.88. The Morgan fingerprint density at radius 2 is 2.11 bits per heavy atom. The fourth-order valence-electron chi connectivity index (χ4n) is 2.50. The Labute approximate surface area is 107 Å². The van der Waals surface area contributed by atoms with Gasteiger partial charge in [0, 0.05) is 13.1 Å². The number of para-hydroxylation sites is 2. The molecule has 1 aromatic heterocycles. The summed E-state index contributed by atoms with van der Waals surface area (Å²) in [5.41, 5.74) is 1.57. The summed E-state index contributed by atoms with van der Waals surface area (Å²) in [6, 6.07) is 8.04. The predicted octanol–water partition coefficient (Wildman–Crippen LogP) is 1.77. The van der Waals surface area contributed by atoms with Gasteiger partial charge in [0.25, 0.3) is 0 Å². The third kappa shape index (κ3) is 1.91. The molecule has 0 radical (unpaired) electrons. The van der Waals surface area contributed by atoms with Gasteiger partial charge in [-0.25, -0.2) is 4.98 Å². The molecule has 1 aliphatic rings. The van der Waals surface area contributed by atoms with Crippen LogP contribution in [-0.4, -0.2) is 38.7 Å². The largest absolute Gasteiger partial charge is 0.387 e. The van der Waals surface area contributed by atoms with Crippen molar-refractivity contribution in [1.29, 1.82) is 0 Å². The van der Waals surface area contributed by atoms with Gasteiger partial charge in [-0.2, -0.15) is 0 Å². The number of H-pyrrole nitrogens is 1. The van der Waals surface area contributed by atoms with E-state index in [2.05, 4.69) is 28.7 Å². The predicted molar refractivity (Wildman–Crippen MR) is 71.2 cm³/mol. The van der Waals surface area contributed by atoms with Crippen LogP contribution in [0.4, 0.5) is 0 Å². The maximum absolute atomic E-state index is 10.2. The summed E-state index contributed by atoms with van der Waals surface area (Å²) in [6.07, 6.45) is 0. The molecule has 2 N–H and O–H groups in total. The summed E-state index contributed by atoms with van der Waals surface area (Å²) < 4.78 is 0. The van der Waals surface area contributed by atoms with E-state index in [1.54, 1.807) is 0 Å². The van der Waals surface area contributed by atoms with Crippen LogP contribution in [0.3, 0.4) is 0 Å². The van der Waals surface area contributed by atoms with Gasteiger partial charge in [-0.05, 0) is 18.1 Å². The maximum atomic E-state index is 10.2. The zero-order valence-electron chi connectivity index (χ0n) is 10.8. The number of aliphatic hydroxyl groups is 1. The summed E-state index contributed by atoms with van der Waals surface area (Å²) >= 11 is 0. The first-order valence-electron chi connectivity index (χ1n) is 6.45. The molecular weight excluding hydrogens is 226 g/mol. The summed E-state index contributed by atoms with van der Waals surface area (Å²) in [4.78, 5) is 10.1. The van der Waals surface area contributed by atoms with E-state index in [4.69, 9.17) is 0 Å². The monoisotopic (exact) mass is 245 g/mol. The highest BCUT2D eigenvalue weighted by atomic mass is 16.3. The minimum absolute atomic E-state index is 0.310. The summed E-state index contributed by atoms with van der Waals surface area (Å²) in [5.74, 6) is 1.28. The van der Waals surface area contributed by atoms with Gasteiger partial charge in [-0.1, -0.05) is 26.0 Å². The van der Waals surface area contributed by atoms with E-state index in [0.717, 1.165) is 36.5 Å². The van der Waals surface area contributed by atoms with Crippen molar-refractivity contribution in [2.24, 2.45) is 5.92 Å². The lowest BCUT2D eigenvalue weighted by Crippen LogP contribution is -2.63. The fourth-order valence-corrected chi connectivity index (χ4v) is 2.50. The Morgan fingerprint density at radius 3 is 2.78 bits per heavy atom. The number of nitrogens with zero attached hydrogens (tertiary/aromatic N) is 2. The topological polar surface area (TPSA) is 52.1 Å². The van der Waals surface area contributed by atoms with Crippen LogP contribution in [0.5, 0.6) is 0 Å². The molecule has 4 heteroatoms. The summed E-state index contributed by atoms with van der Waals surface area (Å²) in [7, 11) is 0. The molecule has 0 spiro atoms. The fraction of sp³-hybridized carbons (Fsp3) is 0.500. The second-order valence-electron chi connectivity index (χ2n) is 5.60. The lowest BCUT2D eigenvalue weighted by atomic mass is 9.83. The van der Waals surface area contributed by atoms with E-state index < -0.39 is 5.60 Å².